The first-order valence-corrected chi connectivity index (χ1v) is 10.8. The highest BCUT2D eigenvalue weighted by molar-refractivity contribution is 6.61. The summed E-state index contributed by atoms with van der Waals surface area (Å²) >= 11 is 0. The van der Waals surface area contributed by atoms with E-state index in [0.29, 0.717) is 0 Å². The molecule has 106 valence electrons. The molecule has 0 aromatic carbocycles. The Morgan fingerprint density at radius 3 is 2.50 bits per heavy atom. The van der Waals surface area contributed by atoms with Crippen molar-refractivity contribution in [2.24, 2.45) is 69.5 Å². The van der Waals surface area contributed by atoms with Crippen LogP contribution in [0.4, 0.5) is 0 Å². The molecule has 0 nitrogen and oxygen atoms in total. The second-order valence-electron chi connectivity index (χ2n) is 12.9. The Bertz CT molecular complexity index is 898. The van der Waals surface area contributed by atoms with E-state index >= 15 is 0 Å². The minimum Gasteiger partial charge on any atom is -0.0614 e. The molecule has 4 bridgehead atoms. The normalized spacial score (nSPS) is 107. The minimum absolute atomic E-state index is 1.02. The van der Waals surface area contributed by atoms with Crippen molar-refractivity contribution in [3.63, 3.8) is 0 Å². The van der Waals surface area contributed by atoms with Crippen LogP contribution >= 0.6 is 0 Å². The van der Waals surface area contributed by atoms with Crippen LogP contribution in [0.3, 0.4) is 0 Å². The van der Waals surface area contributed by atoms with E-state index in [-0.39, 0.29) is 0 Å². The van der Waals surface area contributed by atoms with Crippen LogP contribution in [0, 0.1) is 69.5 Å². The Labute approximate surface area is 132 Å². The molecule has 2 heteroatoms. The van der Waals surface area contributed by atoms with E-state index in [1.54, 1.807) is 33.0 Å². The summed E-state index contributed by atoms with van der Waals surface area (Å²) in [6, 6.07) is 0. The molecule has 8 aliphatic carbocycles. The van der Waals surface area contributed by atoms with Crippen LogP contribution in [-0.4, -0.2) is 14.6 Å². The molecule has 16 unspecified atom stereocenters. The van der Waals surface area contributed by atoms with E-state index in [4.69, 9.17) is 0 Å². The van der Waals surface area contributed by atoms with Crippen LogP contribution < -0.4 is 0 Å². The Balaban J connectivity index is 1.37. The highest BCUT2D eigenvalue weighted by Gasteiger charge is 3.24. The summed E-state index contributed by atoms with van der Waals surface area (Å²) in [6.45, 7) is 0. The van der Waals surface area contributed by atoms with Gasteiger partial charge >= 0.3 is 0 Å². The van der Waals surface area contributed by atoms with Crippen molar-refractivity contribution >= 4 is 14.6 Å². The van der Waals surface area contributed by atoms with Gasteiger partial charge < -0.3 is 0 Å². The predicted molar refractivity (Wildman–Crippen MR) is 83.3 cm³/mol. The predicted octanol–water partition coefficient (Wildman–Crippen LogP) is 2.35. The van der Waals surface area contributed by atoms with E-state index in [0.717, 1.165) is 32.2 Å². The zero-order valence-electron chi connectivity index (χ0n) is 13.0. The molecule has 12 fully saturated rings. The fraction of sp³-hybridized carbons (Fsp3) is 1.00. The molecule has 0 aromatic rings. The van der Waals surface area contributed by atoms with Gasteiger partial charge in [-0.15, -0.1) is 0 Å². The first kappa shape index (κ1) is 9.00. The summed E-state index contributed by atoms with van der Waals surface area (Å²) in [5, 5.41) is 3.08. The van der Waals surface area contributed by atoms with Crippen molar-refractivity contribution in [2.75, 3.05) is 0 Å². The second kappa shape index (κ2) is 1.65. The lowest BCUT2D eigenvalue weighted by atomic mass is 8.86. The third-order valence-electron chi connectivity index (χ3n) is 15.7. The Hall–Kier alpha value is 0.130. The molecular weight excluding hydrogens is 262 g/mol. The molecule has 16 atom stereocenters. The van der Waals surface area contributed by atoms with Crippen LogP contribution in [0.15, 0.2) is 0 Å². The van der Waals surface area contributed by atoms with Crippen LogP contribution in [0.25, 0.3) is 0 Å². The van der Waals surface area contributed by atoms with Gasteiger partial charge in [-0.3, -0.25) is 0 Å². The van der Waals surface area contributed by atoms with Gasteiger partial charge in [-0.25, -0.2) is 0 Å². The van der Waals surface area contributed by atoms with E-state index in [9.17, 15) is 0 Å². The molecule has 0 radical (unpaired) electrons. The highest BCUT2D eigenvalue weighted by atomic mass is 15.2. The van der Waals surface area contributed by atoms with Crippen molar-refractivity contribution in [3.8, 4) is 0 Å². The van der Waals surface area contributed by atoms with Gasteiger partial charge in [-0.2, -0.15) is 0 Å². The van der Waals surface area contributed by atoms with Crippen LogP contribution in [0.1, 0.15) is 25.7 Å². The minimum atomic E-state index is 1.02. The number of hydrogen-bond donors (Lipinski definition) is 0. The van der Waals surface area contributed by atoms with Gasteiger partial charge in [0.25, 0.3) is 0 Å². The maximum absolute atomic E-state index is 1.84. The fourth-order valence-electron chi connectivity index (χ4n) is 17.9. The summed E-state index contributed by atoms with van der Waals surface area (Å²) < 4.78 is 0. The molecular formula is C20H20B2. The van der Waals surface area contributed by atoms with Crippen molar-refractivity contribution in [2.45, 2.75) is 47.4 Å². The van der Waals surface area contributed by atoms with Gasteiger partial charge in [-0.05, 0) is 105 Å². The smallest absolute Gasteiger partial charge is 0.0614 e. The third-order valence-corrected chi connectivity index (χ3v) is 15.7. The summed E-state index contributed by atoms with van der Waals surface area (Å²) in [6.07, 6.45) is 6.96. The molecule has 4 heterocycles. The van der Waals surface area contributed by atoms with Crippen molar-refractivity contribution < 1.29 is 0 Å². The topological polar surface area (TPSA) is 0 Å². The molecule has 12 aliphatic rings. The monoisotopic (exact) mass is 282 g/mol. The summed E-state index contributed by atoms with van der Waals surface area (Å²) in [4.78, 5) is 0. The van der Waals surface area contributed by atoms with E-state index in [1.165, 1.54) is 59.1 Å². The summed E-state index contributed by atoms with van der Waals surface area (Å²) in [5.41, 5.74) is 3.18. The second-order valence-corrected chi connectivity index (χ2v) is 12.9. The molecule has 8 saturated carbocycles. The zero-order chi connectivity index (χ0) is 13.0. The third kappa shape index (κ3) is 0.291. The SMILES string of the molecule is B1C2CC3C4C5CC6C7CC8C9C%10CC2C%102C13C41BC56C78C912. The van der Waals surface area contributed by atoms with E-state index in [1.807, 2.05) is 7.28 Å². The molecule has 0 N–H and O–H groups in total. The lowest BCUT2D eigenvalue weighted by Gasteiger charge is -3.16. The van der Waals surface area contributed by atoms with Crippen LogP contribution in [-0.2, 0) is 0 Å². The van der Waals surface area contributed by atoms with Crippen LogP contribution in [0.2, 0.25) is 21.8 Å². The average Bonchev–Trinajstić information content (AvgIpc) is 3.08. The van der Waals surface area contributed by atoms with Gasteiger partial charge in [0, 0.05) is 0 Å². The van der Waals surface area contributed by atoms with Gasteiger partial charge in [-0.1, -0.05) is 12.2 Å². The van der Waals surface area contributed by atoms with Crippen molar-refractivity contribution in [1.29, 1.82) is 0 Å². The molecule has 4 aliphatic heterocycles. The maximum Gasteiger partial charge on any atom is 0.137 e. The average molecular weight is 282 g/mol. The molecule has 0 amide bonds. The quantitative estimate of drug-likeness (QED) is 0.598. The molecule has 0 aromatic heterocycles. The fourth-order valence-corrected chi connectivity index (χ4v) is 17.9. The van der Waals surface area contributed by atoms with E-state index in [2.05, 4.69) is 0 Å². The summed E-state index contributed by atoms with van der Waals surface area (Å²) in [5.74, 6) is 13.0. The van der Waals surface area contributed by atoms with Crippen molar-refractivity contribution in [1.82, 2.24) is 0 Å². The van der Waals surface area contributed by atoms with Gasteiger partial charge in [0.1, 0.15) is 14.6 Å². The standard InChI is InChI=1S/C20H20B2/c1-5-6-2-10-14-11-4-12-7-3-9-13-8(1)15(5)17(6,10)22-20(14)18(13,15)16(7,9)19(11,20)21-12/h5-14,21-22H,1-4H2. The molecule has 6 spiro atoms. The summed E-state index contributed by atoms with van der Waals surface area (Å²) in [7, 11) is 3.62. The van der Waals surface area contributed by atoms with E-state index < -0.39 is 0 Å². The Kier molecular flexibility index (Phi) is 0.673. The highest BCUT2D eigenvalue weighted by Crippen LogP contribution is 3.32. The lowest BCUT2D eigenvalue weighted by Crippen LogP contribution is -3.09. The number of fused-ring (bicyclic) bond motifs is 7. The molecule has 22 heavy (non-hydrogen) atoms. The largest absolute Gasteiger partial charge is 0.137 e. The number of rotatable bonds is 0. The van der Waals surface area contributed by atoms with Gasteiger partial charge in [0.2, 0.25) is 0 Å². The Morgan fingerprint density at radius 2 is 1.50 bits per heavy atom. The maximum atomic E-state index is 1.84. The molecule has 12 rings (SSSR count). The first-order valence-electron chi connectivity index (χ1n) is 10.8. The lowest BCUT2D eigenvalue weighted by molar-refractivity contribution is -0.647. The van der Waals surface area contributed by atoms with Crippen LogP contribution in [0.5, 0.6) is 0 Å². The molecule has 4 saturated heterocycles. The van der Waals surface area contributed by atoms with Gasteiger partial charge in [0.05, 0.1) is 0 Å². The first-order chi connectivity index (χ1) is 10.8. The zero-order valence-corrected chi connectivity index (χ0v) is 13.0. The Morgan fingerprint density at radius 1 is 0.636 bits per heavy atom. The number of hydrogen-bond acceptors (Lipinski definition) is 0. The van der Waals surface area contributed by atoms with Crippen molar-refractivity contribution in [3.05, 3.63) is 0 Å². The van der Waals surface area contributed by atoms with Gasteiger partial charge in [0.15, 0.2) is 0 Å².